The van der Waals surface area contributed by atoms with Crippen LogP contribution in [0.4, 0.5) is 8.78 Å². The van der Waals surface area contributed by atoms with E-state index in [1.54, 1.807) is 0 Å². The first-order valence-corrected chi connectivity index (χ1v) is 7.12. The van der Waals surface area contributed by atoms with Crippen LogP contribution in [0.15, 0.2) is 18.3 Å². The van der Waals surface area contributed by atoms with Crippen LogP contribution in [-0.4, -0.2) is 37.8 Å². The SMILES string of the molecule is O=C(NCC1(O)CCCC1)c1ccc2nnc(C(F)F)n2c1. The highest BCUT2D eigenvalue weighted by atomic mass is 19.3. The third-order valence-corrected chi connectivity index (χ3v) is 4.00. The lowest BCUT2D eigenvalue weighted by Crippen LogP contribution is -2.40. The van der Waals surface area contributed by atoms with Crippen molar-refractivity contribution in [3.05, 3.63) is 29.7 Å². The molecule has 0 bridgehead atoms. The number of halogens is 2. The van der Waals surface area contributed by atoms with Gasteiger partial charge in [0.25, 0.3) is 12.3 Å². The van der Waals surface area contributed by atoms with E-state index in [1.165, 1.54) is 18.3 Å². The minimum atomic E-state index is -2.77. The highest BCUT2D eigenvalue weighted by molar-refractivity contribution is 5.94. The summed E-state index contributed by atoms with van der Waals surface area (Å²) in [4.78, 5) is 12.1. The van der Waals surface area contributed by atoms with E-state index in [4.69, 9.17) is 0 Å². The van der Waals surface area contributed by atoms with Crippen molar-refractivity contribution in [1.82, 2.24) is 19.9 Å². The Hall–Kier alpha value is -2.09. The van der Waals surface area contributed by atoms with Crippen molar-refractivity contribution < 1.29 is 18.7 Å². The van der Waals surface area contributed by atoms with Gasteiger partial charge in [-0.05, 0) is 25.0 Å². The molecule has 0 aromatic carbocycles. The number of amides is 1. The highest BCUT2D eigenvalue weighted by Crippen LogP contribution is 2.28. The highest BCUT2D eigenvalue weighted by Gasteiger charge is 2.31. The van der Waals surface area contributed by atoms with Crippen LogP contribution in [0, 0.1) is 0 Å². The molecule has 8 heteroatoms. The number of carbonyl (C=O) groups is 1. The zero-order chi connectivity index (χ0) is 15.7. The lowest BCUT2D eigenvalue weighted by atomic mass is 10.0. The van der Waals surface area contributed by atoms with Crippen LogP contribution < -0.4 is 5.32 Å². The van der Waals surface area contributed by atoms with E-state index in [1.807, 2.05) is 0 Å². The van der Waals surface area contributed by atoms with Gasteiger partial charge in [0.15, 0.2) is 5.65 Å². The summed E-state index contributed by atoms with van der Waals surface area (Å²) in [5.74, 6) is -0.921. The number of aliphatic hydroxyl groups is 1. The van der Waals surface area contributed by atoms with E-state index >= 15 is 0 Å². The van der Waals surface area contributed by atoms with Gasteiger partial charge in [-0.1, -0.05) is 12.8 Å². The summed E-state index contributed by atoms with van der Waals surface area (Å²) < 4.78 is 26.7. The second-order valence-corrected chi connectivity index (χ2v) is 5.62. The Balaban J connectivity index is 1.77. The molecule has 2 heterocycles. The van der Waals surface area contributed by atoms with Crippen LogP contribution in [0.3, 0.4) is 0 Å². The Labute approximate surface area is 125 Å². The Morgan fingerprint density at radius 1 is 1.36 bits per heavy atom. The quantitative estimate of drug-likeness (QED) is 0.901. The monoisotopic (exact) mass is 310 g/mol. The Bertz CT molecular complexity index is 695. The number of aromatic nitrogens is 3. The number of alkyl halides is 2. The van der Waals surface area contributed by atoms with Crippen LogP contribution in [0.2, 0.25) is 0 Å². The molecule has 2 N–H and O–H groups in total. The minimum absolute atomic E-state index is 0.160. The van der Waals surface area contributed by atoms with E-state index in [2.05, 4.69) is 15.5 Å². The van der Waals surface area contributed by atoms with Gasteiger partial charge < -0.3 is 10.4 Å². The molecule has 118 valence electrons. The van der Waals surface area contributed by atoms with Crippen molar-refractivity contribution in [2.45, 2.75) is 37.7 Å². The molecule has 6 nitrogen and oxygen atoms in total. The van der Waals surface area contributed by atoms with Gasteiger partial charge in [0.05, 0.1) is 11.2 Å². The molecule has 1 amide bonds. The molecule has 1 saturated carbocycles. The summed E-state index contributed by atoms with van der Waals surface area (Å²) in [5, 5.41) is 19.9. The third-order valence-electron chi connectivity index (χ3n) is 4.00. The normalized spacial score (nSPS) is 17.3. The van der Waals surface area contributed by atoms with Gasteiger partial charge in [-0.15, -0.1) is 10.2 Å². The molecule has 2 aromatic heterocycles. The topological polar surface area (TPSA) is 79.5 Å². The molecule has 0 saturated heterocycles. The molecule has 1 aliphatic rings. The van der Waals surface area contributed by atoms with Crippen molar-refractivity contribution in [2.75, 3.05) is 6.54 Å². The molecular weight excluding hydrogens is 294 g/mol. The minimum Gasteiger partial charge on any atom is -0.388 e. The van der Waals surface area contributed by atoms with E-state index in [9.17, 15) is 18.7 Å². The molecular formula is C14H16F2N4O2. The maximum absolute atomic E-state index is 12.8. The van der Waals surface area contributed by atoms with Crippen LogP contribution in [-0.2, 0) is 0 Å². The van der Waals surface area contributed by atoms with Crippen LogP contribution in [0.5, 0.6) is 0 Å². The summed E-state index contributed by atoms with van der Waals surface area (Å²) in [7, 11) is 0. The molecule has 2 aromatic rings. The molecule has 22 heavy (non-hydrogen) atoms. The second kappa shape index (κ2) is 5.60. The maximum Gasteiger partial charge on any atom is 0.297 e. The standard InChI is InChI=1S/C14H16F2N4O2/c15-11(16)12-19-18-10-4-3-9(7-20(10)12)13(21)17-8-14(22)5-1-2-6-14/h3-4,7,11,22H,1-2,5-6,8H2,(H,17,21). The summed E-state index contributed by atoms with van der Waals surface area (Å²) in [5.41, 5.74) is -0.387. The average Bonchev–Trinajstić information content (AvgIpc) is 3.10. The average molecular weight is 310 g/mol. The molecule has 0 unspecified atom stereocenters. The first-order valence-electron chi connectivity index (χ1n) is 7.12. The zero-order valence-electron chi connectivity index (χ0n) is 11.8. The van der Waals surface area contributed by atoms with Gasteiger partial charge in [0, 0.05) is 12.7 Å². The number of nitrogens with one attached hydrogen (secondary N) is 1. The summed E-state index contributed by atoms with van der Waals surface area (Å²) in [6.07, 6.45) is 1.71. The Morgan fingerprint density at radius 2 is 2.09 bits per heavy atom. The fourth-order valence-corrected chi connectivity index (χ4v) is 2.75. The fraction of sp³-hybridized carbons (Fsp3) is 0.500. The number of nitrogens with zero attached hydrogens (tertiary/aromatic N) is 3. The van der Waals surface area contributed by atoms with Crippen molar-refractivity contribution >= 4 is 11.6 Å². The number of rotatable bonds is 4. The molecule has 0 atom stereocenters. The second-order valence-electron chi connectivity index (χ2n) is 5.62. The van der Waals surface area contributed by atoms with E-state index < -0.39 is 23.8 Å². The van der Waals surface area contributed by atoms with Crippen LogP contribution in [0.1, 0.15) is 48.3 Å². The van der Waals surface area contributed by atoms with Crippen LogP contribution in [0.25, 0.3) is 5.65 Å². The molecule has 3 rings (SSSR count). The Kier molecular flexibility index (Phi) is 3.78. The molecule has 0 radical (unpaired) electrons. The Morgan fingerprint density at radius 3 is 2.77 bits per heavy atom. The molecule has 1 fully saturated rings. The largest absolute Gasteiger partial charge is 0.388 e. The number of carbonyl (C=O) groups excluding carboxylic acids is 1. The van der Waals surface area contributed by atoms with E-state index in [0.717, 1.165) is 17.2 Å². The smallest absolute Gasteiger partial charge is 0.297 e. The number of fused-ring (bicyclic) bond motifs is 1. The number of hydrogen-bond acceptors (Lipinski definition) is 4. The van der Waals surface area contributed by atoms with Gasteiger partial charge in [-0.3, -0.25) is 9.20 Å². The first kappa shape index (κ1) is 14.8. The van der Waals surface area contributed by atoms with Gasteiger partial charge in [0.2, 0.25) is 5.82 Å². The zero-order valence-corrected chi connectivity index (χ0v) is 11.8. The number of pyridine rings is 1. The first-order chi connectivity index (χ1) is 10.5. The summed E-state index contributed by atoms with van der Waals surface area (Å²) in [6.45, 7) is 0.160. The van der Waals surface area contributed by atoms with Gasteiger partial charge in [-0.25, -0.2) is 8.78 Å². The number of hydrogen-bond donors (Lipinski definition) is 2. The van der Waals surface area contributed by atoms with Gasteiger partial charge >= 0.3 is 0 Å². The van der Waals surface area contributed by atoms with Crippen molar-refractivity contribution in [3.63, 3.8) is 0 Å². The van der Waals surface area contributed by atoms with E-state index in [0.29, 0.717) is 12.8 Å². The maximum atomic E-state index is 12.8. The summed E-state index contributed by atoms with van der Waals surface area (Å²) in [6, 6.07) is 2.95. The summed E-state index contributed by atoms with van der Waals surface area (Å²) >= 11 is 0. The van der Waals surface area contributed by atoms with Gasteiger partial charge in [0.1, 0.15) is 0 Å². The lowest BCUT2D eigenvalue weighted by Gasteiger charge is -2.22. The van der Waals surface area contributed by atoms with Crippen molar-refractivity contribution in [3.8, 4) is 0 Å². The third kappa shape index (κ3) is 2.78. The molecule has 1 aliphatic carbocycles. The lowest BCUT2D eigenvalue weighted by molar-refractivity contribution is 0.0449. The molecule has 0 spiro atoms. The van der Waals surface area contributed by atoms with Crippen molar-refractivity contribution in [1.29, 1.82) is 0 Å². The predicted molar refractivity (Wildman–Crippen MR) is 73.7 cm³/mol. The fourth-order valence-electron chi connectivity index (χ4n) is 2.75. The van der Waals surface area contributed by atoms with Crippen LogP contribution >= 0.6 is 0 Å². The van der Waals surface area contributed by atoms with Crippen molar-refractivity contribution in [2.24, 2.45) is 0 Å². The predicted octanol–water partition coefficient (Wildman–Crippen LogP) is 1.70. The van der Waals surface area contributed by atoms with Gasteiger partial charge in [-0.2, -0.15) is 0 Å². The van der Waals surface area contributed by atoms with E-state index in [-0.39, 0.29) is 17.8 Å². The molecule has 0 aliphatic heterocycles.